The van der Waals surface area contributed by atoms with E-state index in [9.17, 15) is 19.1 Å². The maximum absolute atomic E-state index is 13.8. The zero-order chi connectivity index (χ0) is 27.4. The van der Waals surface area contributed by atoms with Gasteiger partial charge < -0.3 is 24.3 Å². The number of ketones is 2. The third-order valence-corrected chi connectivity index (χ3v) is 7.38. The Morgan fingerprint density at radius 3 is 2.74 bits per heavy atom. The van der Waals surface area contributed by atoms with Crippen LogP contribution >= 0.6 is 11.6 Å². The highest BCUT2D eigenvalue weighted by Gasteiger charge is 2.61. The van der Waals surface area contributed by atoms with Crippen LogP contribution in [-0.4, -0.2) is 58.7 Å². The van der Waals surface area contributed by atoms with E-state index in [0.717, 1.165) is 0 Å². The first kappa shape index (κ1) is 25.7. The van der Waals surface area contributed by atoms with Crippen molar-refractivity contribution >= 4 is 39.9 Å². The molecule has 3 aromatic rings. The molecule has 1 aliphatic carbocycles. The number of imidazole rings is 1. The number of aliphatic hydroxyl groups is 1. The van der Waals surface area contributed by atoms with Gasteiger partial charge in [0, 0.05) is 37.1 Å². The number of hydrogen-bond donors (Lipinski definition) is 2. The van der Waals surface area contributed by atoms with Crippen molar-refractivity contribution in [1.82, 2.24) is 9.97 Å². The van der Waals surface area contributed by atoms with Crippen molar-refractivity contribution in [2.45, 2.75) is 32.3 Å². The number of aromatic amines is 1. The van der Waals surface area contributed by atoms with Gasteiger partial charge in [0.15, 0.2) is 17.3 Å². The summed E-state index contributed by atoms with van der Waals surface area (Å²) in [5.41, 5.74) is -0.415. The summed E-state index contributed by atoms with van der Waals surface area (Å²) in [4.78, 5) is 38.8. The molecule has 0 saturated carbocycles. The summed E-state index contributed by atoms with van der Waals surface area (Å²) in [7, 11) is 2.81. The highest BCUT2D eigenvalue weighted by molar-refractivity contribution is 6.35. The molecule has 38 heavy (non-hydrogen) atoms. The minimum absolute atomic E-state index is 0.0240. The van der Waals surface area contributed by atoms with Gasteiger partial charge in [-0.15, -0.1) is 0 Å². The number of hydrogen-bond acceptors (Lipinski definition) is 8. The minimum atomic E-state index is -1.87. The topological polar surface area (TPSA) is 123 Å². The number of benzene rings is 2. The van der Waals surface area contributed by atoms with Crippen LogP contribution in [0.4, 0.5) is 4.39 Å². The molecule has 11 heteroatoms. The van der Waals surface area contributed by atoms with Gasteiger partial charge in [0.1, 0.15) is 33.7 Å². The van der Waals surface area contributed by atoms with Gasteiger partial charge in [0.05, 0.1) is 30.8 Å². The number of Topliss-reactive ketones (excluding diaryl/α,β-unsaturated/α-hetero) is 2. The molecule has 0 fully saturated rings. The highest BCUT2D eigenvalue weighted by atomic mass is 35.5. The van der Waals surface area contributed by atoms with Gasteiger partial charge in [-0.25, -0.2) is 9.37 Å². The number of H-pyrrole nitrogens is 1. The average molecular weight is 542 g/mol. The Morgan fingerprint density at radius 1 is 1.29 bits per heavy atom. The van der Waals surface area contributed by atoms with E-state index in [0.29, 0.717) is 23.3 Å². The number of aliphatic hydroxyl groups excluding tert-OH is 1. The van der Waals surface area contributed by atoms with Crippen LogP contribution in [0.25, 0.3) is 11.0 Å². The van der Waals surface area contributed by atoms with Crippen LogP contribution in [-0.2, 0) is 11.2 Å². The Hall–Kier alpha value is -3.92. The zero-order valence-corrected chi connectivity index (χ0v) is 21.9. The van der Waals surface area contributed by atoms with Crippen molar-refractivity contribution in [3.63, 3.8) is 0 Å². The molecule has 2 N–H and O–H groups in total. The molecule has 2 aromatic carbocycles. The average Bonchev–Trinajstić information content (AvgIpc) is 3.42. The second kappa shape index (κ2) is 9.43. The molecular formula is C27H25ClFN3O6. The lowest BCUT2D eigenvalue weighted by Crippen LogP contribution is -2.53. The molecule has 0 saturated heterocycles. The summed E-state index contributed by atoms with van der Waals surface area (Å²) in [6, 6.07) is 5.75. The smallest absolute Gasteiger partial charge is 0.231 e. The fourth-order valence-electron chi connectivity index (χ4n) is 5.09. The molecule has 1 aromatic heterocycles. The van der Waals surface area contributed by atoms with Crippen LogP contribution in [0.3, 0.4) is 0 Å². The fourth-order valence-corrected chi connectivity index (χ4v) is 5.36. The number of aromatic nitrogens is 2. The number of allylic oxidation sites excluding steroid dienone is 1. The summed E-state index contributed by atoms with van der Waals surface area (Å²) in [6.07, 6.45) is 0.322. The van der Waals surface area contributed by atoms with Crippen molar-refractivity contribution in [2.75, 3.05) is 20.8 Å². The first-order chi connectivity index (χ1) is 18.1. The van der Waals surface area contributed by atoms with Crippen LogP contribution in [0.1, 0.15) is 36.5 Å². The van der Waals surface area contributed by atoms with Crippen molar-refractivity contribution in [3.05, 3.63) is 57.8 Å². The van der Waals surface area contributed by atoms with Crippen molar-refractivity contribution < 1.29 is 33.3 Å². The number of carbonyl (C=O) groups is 2. The molecule has 2 atom stereocenters. The maximum atomic E-state index is 13.8. The second-order valence-corrected chi connectivity index (χ2v) is 9.66. The number of ether oxygens (including phenoxy) is 3. The molecular weight excluding hydrogens is 517 g/mol. The molecule has 2 aliphatic rings. The number of methoxy groups -OCH3 is 2. The zero-order valence-electron chi connectivity index (χ0n) is 21.1. The number of nitrogens with one attached hydrogen (secondary N) is 1. The highest BCUT2D eigenvalue weighted by Crippen LogP contribution is 2.54. The van der Waals surface area contributed by atoms with Crippen molar-refractivity contribution in [1.29, 1.82) is 0 Å². The SMILES string of the molecule is COc1cc(OC)c2c(c1Cl)O[C@]1(C2=O)C(O)=C(C(C)=NCCc2nc3ccc(F)cc3[nH]2)C(=O)C[C@H]1C. The van der Waals surface area contributed by atoms with Gasteiger partial charge in [-0.2, -0.15) is 0 Å². The van der Waals surface area contributed by atoms with Gasteiger partial charge in [-0.1, -0.05) is 18.5 Å². The van der Waals surface area contributed by atoms with Crippen LogP contribution in [0.5, 0.6) is 17.2 Å². The third-order valence-electron chi connectivity index (χ3n) is 7.02. The molecule has 198 valence electrons. The minimum Gasteiger partial charge on any atom is -0.507 e. The maximum Gasteiger partial charge on any atom is 0.231 e. The molecule has 0 radical (unpaired) electrons. The lowest BCUT2D eigenvalue weighted by molar-refractivity contribution is -0.118. The Kier molecular flexibility index (Phi) is 6.38. The van der Waals surface area contributed by atoms with Gasteiger partial charge in [-0.05, 0) is 25.1 Å². The Bertz CT molecular complexity index is 1560. The number of nitrogens with zero attached hydrogens (tertiary/aromatic N) is 2. The van der Waals surface area contributed by atoms with Crippen LogP contribution in [0, 0.1) is 11.7 Å². The van der Waals surface area contributed by atoms with Crippen LogP contribution in [0.2, 0.25) is 5.02 Å². The first-order valence-electron chi connectivity index (χ1n) is 11.9. The van der Waals surface area contributed by atoms with E-state index >= 15 is 0 Å². The summed E-state index contributed by atoms with van der Waals surface area (Å²) < 4.78 is 30.3. The summed E-state index contributed by atoms with van der Waals surface area (Å²) in [6.45, 7) is 3.47. The van der Waals surface area contributed by atoms with Crippen LogP contribution in [0.15, 0.2) is 40.6 Å². The quantitative estimate of drug-likeness (QED) is 0.429. The van der Waals surface area contributed by atoms with E-state index in [1.165, 1.54) is 32.4 Å². The number of fused-ring (bicyclic) bond motifs is 2. The number of rotatable bonds is 6. The summed E-state index contributed by atoms with van der Waals surface area (Å²) >= 11 is 6.46. The predicted molar refractivity (Wildman–Crippen MR) is 138 cm³/mol. The molecule has 1 spiro atoms. The van der Waals surface area contributed by atoms with E-state index in [1.54, 1.807) is 19.9 Å². The normalized spacial score (nSPS) is 21.3. The van der Waals surface area contributed by atoms with Gasteiger partial charge in [-0.3, -0.25) is 14.6 Å². The van der Waals surface area contributed by atoms with E-state index in [-0.39, 0.29) is 63.7 Å². The molecule has 0 amide bonds. The number of carbonyl (C=O) groups excluding carboxylic acids is 2. The Labute approximate surface area is 222 Å². The van der Waals surface area contributed by atoms with Gasteiger partial charge in [0.25, 0.3) is 0 Å². The Morgan fingerprint density at radius 2 is 2.03 bits per heavy atom. The largest absolute Gasteiger partial charge is 0.507 e. The predicted octanol–water partition coefficient (Wildman–Crippen LogP) is 4.81. The van der Waals surface area contributed by atoms with Gasteiger partial charge in [0.2, 0.25) is 11.4 Å². The van der Waals surface area contributed by atoms with E-state index in [2.05, 4.69) is 15.0 Å². The monoisotopic (exact) mass is 541 g/mol. The molecule has 5 rings (SSSR count). The molecule has 0 bridgehead atoms. The summed E-state index contributed by atoms with van der Waals surface area (Å²) in [5.74, 6) is -1.47. The van der Waals surface area contributed by atoms with Crippen molar-refractivity contribution in [3.8, 4) is 17.2 Å². The molecule has 1 aliphatic heterocycles. The standard InChI is InChI=1S/C27H25ClFN3O6/c1-12-9-17(33)21(13(2)30-8-7-20-31-15-6-5-14(29)10-16(15)32-20)25(34)27(12)26(35)22-18(36-3)11-19(37-4)23(28)24(22)38-27/h5-6,10-12,34H,7-9H2,1-4H3,(H,31,32)/t12-,27+/m1/s1. The van der Waals surface area contributed by atoms with E-state index < -0.39 is 23.1 Å². The molecule has 9 nitrogen and oxygen atoms in total. The lowest BCUT2D eigenvalue weighted by Gasteiger charge is -2.37. The van der Waals surface area contributed by atoms with E-state index in [1.807, 2.05) is 0 Å². The van der Waals surface area contributed by atoms with E-state index in [4.69, 9.17) is 25.8 Å². The first-order valence-corrected chi connectivity index (χ1v) is 12.3. The number of aliphatic imine (C=N–C) groups is 1. The van der Waals surface area contributed by atoms with Crippen LogP contribution < -0.4 is 14.2 Å². The van der Waals surface area contributed by atoms with Crippen molar-refractivity contribution in [2.24, 2.45) is 10.9 Å². The van der Waals surface area contributed by atoms with Gasteiger partial charge >= 0.3 is 0 Å². The molecule has 2 heterocycles. The Balaban J connectivity index is 1.49. The summed E-state index contributed by atoms with van der Waals surface area (Å²) in [5, 5.41) is 11.5. The second-order valence-electron chi connectivity index (χ2n) is 9.28. The lowest BCUT2D eigenvalue weighted by atomic mass is 9.72. The fraction of sp³-hybridized carbons (Fsp3) is 0.333. The third kappa shape index (κ3) is 3.82. The molecule has 0 unspecified atom stereocenters. The number of halogens is 2.